The number of hydrogen-bond donors (Lipinski definition) is 0. The lowest BCUT2D eigenvalue weighted by molar-refractivity contribution is -0.119. The minimum Gasteiger partial charge on any atom is -0.377 e. The first-order chi connectivity index (χ1) is 10.5. The van der Waals surface area contributed by atoms with Gasteiger partial charge in [-0.1, -0.05) is 11.6 Å². The van der Waals surface area contributed by atoms with E-state index in [1.807, 2.05) is 13.0 Å². The molecule has 5 heteroatoms. The molecule has 1 atom stereocenters. The number of rotatable bonds is 5. The van der Waals surface area contributed by atoms with Crippen LogP contribution in [0.25, 0.3) is 0 Å². The Morgan fingerprint density at radius 2 is 2.09 bits per heavy atom. The second-order valence-electron chi connectivity index (χ2n) is 6.00. The van der Waals surface area contributed by atoms with E-state index in [1.54, 1.807) is 18.9 Å². The number of fused-ring (bicyclic) bond motifs is 1. The summed E-state index contributed by atoms with van der Waals surface area (Å²) < 4.78 is 5.54. The van der Waals surface area contributed by atoms with Crippen LogP contribution in [0.2, 0.25) is 5.02 Å². The fourth-order valence-electron chi connectivity index (χ4n) is 2.94. The molecule has 22 heavy (non-hydrogen) atoms. The van der Waals surface area contributed by atoms with E-state index in [-0.39, 0.29) is 30.0 Å². The van der Waals surface area contributed by atoms with E-state index < -0.39 is 0 Å². The summed E-state index contributed by atoms with van der Waals surface area (Å²) in [4.78, 5) is 25.5. The van der Waals surface area contributed by atoms with Crippen LogP contribution in [0.3, 0.4) is 0 Å². The van der Waals surface area contributed by atoms with Crippen molar-refractivity contribution in [2.45, 2.75) is 43.6 Å². The molecule has 3 rings (SSSR count). The molecular weight excluding hydrogens is 320 g/mol. The van der Waals surface area contributed by atoms with Gasteiger partial charge in [0, 0.05) is 34.8 Å². The molecule has 1 aliphatic carbocycles. The van der Waals surface area contributed by atoms with Gasteiger partial charge in [0.05, 0.1) is 17.5 Å². The molecule has 0 amide bonds. The Bertz CT molecular complexity index is 637. The van der Waals surface area contributed by atoms with E-state index in [4.69, 9.17) is 16.3 Å². The highest BCUT2D eigenvalue weighted by Crippen LogP contribution is 2.45. The van der Waals surface area contributed by atoms with Crippen molar-refractivity contribution < 1.29 is 14.3 Å². The zero-order valence-corrected chi connectivity index (χ0v) is 14.4. The van der Waals surface area contributed by atoms with Crippen molar-refractivity contribution >= 4 is 34.9 Å². The van der Waals surface area contributed by atoms with Crippen molar-refractivity contribution in [2.24, 2.45) is 5.92 Å². The highest BCUT2D eigenvalue weighted by molar-refractivity contribution is 7.99. The number of ketones is 2. The summed E-state index contributed by atoms with van der Waals surface area (Å²) in [6, 6.07) is 1.83. The maximum absolute atomic E-state index is 12.5. The minimum absolute atomic E-state index is 0.0343. The van der Waals surface area contributed by atoms with E-state index in [2.05, 4.69) is 0 Å². The fraction of sp³-hybridized carbons (Fsp3) is 0.529. The molecule has 118 valence electrons. The molecule has 1 fully saturated rings. The number of thioether (sulfide) groups is 1. The Kier molecular flexibility index (Phi) is 4.62. The van der Waals surface area contributed by atoms with Crippen LogP contribution in [0.15, 0.2) is 11.0 Å². The molecule has 0 saturated heterocycles. The highest BCUT2D eigenvalue weighted by Gasteiger charge is 2.33. The molecule has 0 N–H and O–H groups in total. The molecule has 0 radical (unpaired) electrons. The maximum atomic E-state index is 12.5. The molecule has 1 unspecified atom stereocenters. The summed E-state index contributed by atoms with van der Waals surface area (Å²) >= 11 is 8.28. The van der Waals surface area contributed by atoms with Gasteiger partial charge in [-0.25, -0.2) is 0 Å². The summed E-state index contributed by atoms with van der Waals surface area (Å²) in [5.74, 6) is 0.965. The third-order valence-electron chi connectivity index (χ3n) is 4.34. The zero-order valence-electron chi connectivity index (χ0n) is 12.8. The number of halogens is 1. The number of aryl methyl sites for hydroxylation is 1. The standard InChI is InChI=1S/C17H19ClO3S/c1-9-7-11(13(20)8-12(19)10-3-4-10)16(18)15-14(21-2)5-6-22-17(9)15/h7,10,14H,3-6,8H2,1-2H3. The lowest BCUT2D eigenvalue weighted by Crippen LogP contribution is -2.15. The third-order valence-corrected chi connectivity index (χ3v) is 6.01. The van der Waals surface area contributed by atoms with Crippen LogP contribution < -0.4 is 0 Å². The van der Waals surface area contributed by atoms with Crippen molar-refractivity contribution in [3.05, 3.63) is 27.8 Å². The minimum atomic E-state index is -0.168. The fourth-order valence-corrected chi connectivity index (χ4v) is 4.58. The van der Waals surface area contributed by atoms with Gasteiger partial charge >= 0.3 is 0 Å². The van der Waals surface area contributed by atoms with E-state index in [9.17, 15) is 9.59 Å². The first-order valence-electron chi connectivity index (χ1n) is 7.57. The predicted molar refractivity (Wildman–Crippen MR) is 88.0 cm³/mol. The summed E-state index contributed by atoms with van der Waals surface area (Å²) in [7, 11) is 1.67. The normalized spacial score (nSPS) is 20.6. The second kappa shape index (κ2) is 6.34. The average molecular weight is 339 g/mol. The monoisotopic (exact) mass is 338 g/mol. The molecule has 0 spiro atoms. The van der Waals surface area contributed by atoms with Crippen molar-refractivity contribution in [1.82, 2.24) is 0 Å². The largest absolute Gasteiger partial charge is 0.377 e. The van der Waals surface area contributed by atoms with Crippen LogP contribution >= 0.6 is 23.4 Å². The Labute approximate surface area is 139 Å². The van der Waals surface area contributed by atoms with Crippen molar-refractivity contribution in [3.8, 4) is 0 Å². The van der Waals surface area contributed by atoms with Gasteiger partial charge in [0.15, 0.2) is 5.78 Å². The molecule has 2 aliphatic rings. The number of ether oxygens (including phenoxy) is 1. The summed E-state index contributed by atoms with van der Waals surface area (Å²) in [5.41, 5.74) is 2.42. The van der Waals surface area contributed by atoms with Crippen LogP contribution in [0.4, 0.5) is 0 Å². The molecule has 1 aliphatic heterocycles. The van der Waals surface area contributed by atoms with Crippen molar-refractivity contribution in [3.63, 3.8) is 0 Å². The first kappa shape index (κ1) is 16.0. The highest BCUT2D eigenvalue weighted by atomic mass is 35.5. The van der Waals surface area contributed by atoms with Gasteiger partial charge in [-0.3, -0.25) is 9.59 Å². The van der Waals surface area contributed by atoms with Gasteiger partial charge < -0.3 is 4.74 Å². The van der Waals surface area contributed by atoms with Crippen molar-refractivity contribution in [2.75, 3.05) is 12.9 Å². The van der Waals surface area contributed by atoms with E-state index in [0.717, 1.165) is 41.0 Å². The summed E-state index contributed by atoms with van der Waals surface area (Å²) in [6.07, 6.45) is 2.62. The Hall–Kier alpha value is -0.840. The number of carbonyl (C=O) groups excluding carboxylic acids is 2. The molecule has 1 aromatic rings. The summed E-state index contributed by atoms with van der Waals surface area (Å²) in [6.45, 7) is 1.99. The molecule has 3 nitrogen and oxygen atoms in total. The van der Waals surface area contributed by atoms with Gasteiger partial charge in [0.2, 0.25) is 0 Å². The lowest BCUT2D eigenvalue weighted by Gasteiger charge is -2.27. The van der Waals surface area contributed by atoms with Crippen LogP contribution in [0, 0.1) is 12.8 Å². The van der Waals surface area contributed by atoms with Gasteiger partial charge in [-0.2, -0.15) is 0 Å². The molecular formula is C17H19ClO3S. The van der Waals surface area contributed by atoms with Gasteiger partial charge in [0.1, 0.15) is 5.78 Å². The molecule has 1 saturated carbocycles. The van der Waals surface area contributed by atoms with Gasteiger partial charge in [0.25, 0.3) is 0 Å². The molecule has 1 aromatic carbocycles. The van der Waals surface area contributed by atoms with Gasteiger partial charge in [-0.05, 0) is 37.8 Å². The molecule has 0 bridgehead atoms. The number of methoxy groups -OCH3 is 1. The van der Waals surface area contributed by atoms with Crippen LogP contribution in [0.1, 0.15) is 53.3 Å². The second-order valence-corrected chi connectivity index (χ2v) is 7.48. The van der Waals surface area contributed by atoms with E-state index >= 15 is 0 Å². The van der Waals surface area contributed by atoms with Gasteiger partial charge in [-0.15, -0.1) is 11.8 Å². The quantitative estimate of drug-likeness (QED) is 0.590. The van der Waals surface area contributed by atoms with Crippen molar-refractivity contribution in [1.29, 1.82) is 0 Å². The third kappa shape index (κ3) is 2.97. The lowest BCUT2D eigenvalue weighted by atomic mass is 9.95. The number of hydrogen-bond acceptors (Lipinski definition) is 4. The van der Waals surface area contributed by atoms with Crippen LogP contribution in [-0.4, -0.2) is 24.4 Å². The maximum Gasteiger partial charge on any atom is 0.171 e. The number of benzene rings is 1. The Morgan fingerprint density at radius 3 is 2.73 bits per heavy atom. The molecule has 0 aromatic heterocycles. The SMILES string of the molecule is COC1CCSc2c(C)cc(C(=O)CC(=O)C3CC3)c(Cl)c21. The van der Waals surface area contributed by atoms with Crippen LogP contribution in [0.5, 0.6) is 0 Å². The number of carbonyl (C=O) groups is 2. The average Bonchev–Trinajstić information content (AvgIpc) is 3.34. The summed E-state index contributed by atoms with van der Waals surface area (Å²) in [5, 5.41) is 0.466. The van der Waals surface area contributed by atoms with E-state index in [0.29, 0.717) is 10.6 Å². The first-order valence-corrected chi connectivity index (χ1v) is 8.93. The van der Waals surface area contributed by atoms with E-state index in [1.165, 1.54) is 0 Å². The Balaban J connectivity index is 1.96. The van der Waals surface area contributed by atoms with Crippen LogP contribution in [-0.2, 0) is 9.53 Å². The molecule has 1 heterocycles. The zero-order chi connectivity index (χ0) is 15.9. The smallest absolute Gasteiger partial charge is 0.171 e. The topological polar surface area (TPSA) is 43.4 Å². The Morgan fingerprint density at radius 1 is 1.36 bits per heavy atom. The number of Topliss-reactive ketones (excluding diaryl/α,β-unsaturated/α-hetero) is 2. The predicted octanol–water partition coefficient (Wildman–Crippen LogP) is 4.38.